The van der Waals surface area contributed by atoms with E-state index in [9.17, 15) is 5.11 Å². The van der Waals surface area contributed by atoms with Gasteiger partial charge in [0, 0.05) is 12.4 Å². The molecule has 1 heterocycles. The Morgan fingerprint density at radius 3 is 2.21 bits per heavy atom. The quantitative estimate of drug-likeness (QED) is 0.781. The minimum absolute atomic E-state index is 0.0335. The van der Waals surface area contributed by atoms with Crippen LogP contribution in [0.15, 0.2) is 54.9 Å². The second-order valence-electron chi connectivity index (χ2n) is 3.24. The first kappa shape index (κ1) is 9.03. The Balaban J connectivity index is 2.31. The molecule has 2 aromatic rings. The highest BCUT2D eigenvalue weighted by atomic mass is 16.3. The molecule has 0 bridgehead atoms. The van der Waals surface area contributed by atoms with Crippen molar-refractivity contribution in [1.29, 1.82) is 0 Å². The zero-order chi connectivity index (χ0) is 9.80. The van der Waals surface area contributed by atoms with Crippen molar-refractivity contribution in [1.82, 2.24) is 4.57 Å². The van der Waals surface area contributed by atoms with Gasteiger partial charge >= 0.3 is 0 Å². The monoisotopic (exact) mass is 187 g/mol. The van der Waals surface area contributed by atoms with Gasteiger partial charge in [-0.15, -0.1) is 0 Å². The molecule has 0 aliphatic heterocycles. The van der Waals surface area contributed by atoms with Gasteiger partial charge in [0.15, 0.2) is 0 Å². The van der Waals surface area contributed by atoms with Crippen molar-refractivity contribution in [2.24, 2.45) is 0 Å². The fraction of sp³-hybridized carbons (Fsp3) is 0.167. The van der Waals surface area contributed by atoms with Crippen LogP contribution in [0.4, 0.5) is 0 Å². The summed E-state index contributed by atoms with van der Waals surface area (Å²) in [7, 11) is 0. The fourth-order valence-corrected chi connectivity index (χ4v) is 1.60. The van der Waals surface area contributed by atoms with Gasteiger partial charge in [-0.3, -0.25) is 0 Å². The summed E-state index contributed by atoms with van der Waals surface area (Å²) in [5.74, 6) is 0. The molecule has 0 aliphatic rings. The van der Waals surface area contributed by atoms with Crippen LogP contribution in [0, 0.1) is 0 Å². The SMILES string of the molecule is OCC(c1ccccc1)n1cccc1. The summed E-state index contributed by atoms with van der Waals surface area (Å²) < 4.78 is 2.01. The summed E-state index contributed by atoms with van der Waals surface area (Å²) in [4.78, 5) is 0. The van der Waals surface area contributed by atoms with E-state index in [1.54, 1.807) is 0 Å². The van der Waals surface area contributed by atoms with E-state index in [4.69, 9.17) is 0 Å². The molecule has 1 aromatic heterocycles. The second-order valence-corrected chi connectivity index (χ2v) is 3.24. The molecule has 0 spiro atoms. The highest BCUT2D eigenvalue weighted by Gasteiger charge is 2.09. The number of hydrogen-bond donors (Lipinski definition) is 1. The lowest BCUT2D eigenvalue weighted by Crippen LogP contribution is -2.12. The van der Waals surface area contributed by atoms with E-state index < -0.39 is 0 Å². The van der Waals surface area contributed by atoms with E-state index in [0.717, 1.165) is 5.56 Å². The molecular weight excluding hydrogens is 174 g/mol. The topological polar surface area (TPSA) is 25.2 Å². The molecule has 1 unspecified atom stereocenters. The maximum atomic E-state index is 9.33. The Morgan fingerprint density at radius 1 is 1.00 bits per heavy atom. The predicted octanol–water partition coefficient (Wildman–Crippen LogP) is 2.07. The first-order chi connectivity index (χ1) is 6.92. The van der Waals surface area contributed by atoms with E-state index in [0.29, 0.717) is 0 Å². The number of rotatable bonds is 3. The number of aliphatic hydroxyl groups excluding tert-OH is 1. The van der Waals surface area contributed by atoms with Crippen molar-refractivity contribution < 1.29 is 5.11 Å². The number of nitrogens with zero attached hydrogens (tertiary/aromatic N) is 1. The van der Waals surface area contributed by atoms with Gasteiger partial charge in [-0.2, -0.15) is 0 Å². The third-order valence-electron chi connectivity index (χ3n) is 2.34. The van der Waals surface area contributed by atoms with E-state index in [2.05, 4.69) is 0 Å². The van der Waals surface area contributed by atoms with Crippen molar-refractivity contribution >= 4 is 0 Å². The first-order valence-electron chi connectivity index (χ1n) is 4.70. The number of hydrogen-bond acceptors (Lipinski definition) is 1. The molecule has 1 aromatic carbocycles. The molecule has 0 amide bonds. The van der Waals surface area contributed by atoms with Crippen LogP contribution < -0.4 is 0 Å². The van der Waals surface area contributed by atoms with Gasteiger partial charge in [-0.1, -0.05) is 30.3 Å². The zero-order valence-electron chi connectivity index (χ0n) is 7.88. The number of benzene rings is 1. The van der Waals surface area contributed by atoms with Gasteiger partial charge < -0.3 is 9.67 Å². The lowest BCUT2D eigenvalue weighted by Gasteiger charge is -2.16. The zero-order valence-corrected chi connectivity index (χ0v) is 7.88. The van der Waals surface area contributed by atoms with Crippen LogP contribution in [0.5, 0.6) is 0 Å². The summed E-state index contributed by atoms with van der Waals surface area (Å²) in [5, 5.41) is 9.33. The fourth-order valence-electron chi connectivity index (χ4n) is 1.60. The number of aromatic nitrogens is 1. The lowest BCUT2D eigenvalue weighted by atomic mass is 10.1. The lowest BCUT2D eigenvalue weighted by molar-refractivity contribution is 0.249. The Morgan fingerprint density at radius 2 is 1.64 bits per heavy atom. The van der Waals surface area contributed by atoms with E-state index in [1.807, 2.05) is 59.4 Å². The van der Waals surface area contributed by atoms with Crippen LogP contribution in [-0.4, -0.2) is 16.3 Å². The molecule has 2 nitrogen and oxygen atoms in total. The van der Waals surface area contributed by atoms with Gasteiger partial charge in [0.2, 0.25) is 0 Å². The van der Waals surface area contributed by atoms with Crippen LogP contribution in [0.25, 0.3) is 0 Å². The summed E-state index contributed by atoms with van der Waals surface area (Å²) in [6.07, 6.45) is 3.93. The third kappa shape index (κ3) is 1.70. The minimum atomic E-state index is 0.0335. The van der Waals surface area contributed by atoms with E-state index in [-0.39, 0.29) is 12.6 Å². The molecular formula is C12H13NO. The molecule has 0 saturated carbocycles. The predicted molar refractivity (Wildman–Crippen MR) is 56.1 cm³/mol. The number of aliphatic hydroxyl groups is 1. The summed E-state index contributed by atoms with van der Waals surface area (Å²) in [6.45, 7) is 0.124. The summed E-state index contributed by atoms with van der Waals surface area (Å²) >= 11 is 0. The standard InChI is InChI=1S/C12H13NO/c14-10-12(13-8-4-5-9-13)11-6-2-1-3-7-11/h1-9,12,14H,10H2. The Labute approximate surface area is 83.4 Å². The maximum Gasteiger partial charge on any atom is 0.0811 e. The minimum Gasteiger partial charge on any atom is -0.394 e. The van der Waals surface area contributed by atoms with Crippen molar-refractivity contribution in [2.45, 2.75) is 6.04 Å². The normalized spacial score (nSPS) is 12.6. The van der Waals surface area contributed by atoms with Gasteiger partial charge in [-0.05, 0) is 17.7 Å². The Bertz CT molecular complexity index is 366. The highest BCUT2D eigenvalue weighted by Crippen LogP contribution is 2.17. The van der Waals surface area contributed by atoms with Crippen LogP contribution in [-0.2, 0) is 0 Å². The molecule has 0 fully saturated rings. The maximum absolute atomic E-state index is 9.33. The van der Waals surface area contributed by atoms with E-state index in [1.165, 1.54) is 0 Å². The molecule has 0 radical (unpaired) electrons. The van der Waals surface area contributed by atoms with Crippen LogP contribution in [0.2, 0.25) is 0 Å². The average Bonchev–Trinajstić information content (AvgIpc) is 2.74. The first-order valence-corrected chi connectivity index (χ1v) is 4.70. The summed E-state index contributed by atoms with van der Waals surface area (Å²) in [6, 6.07) is 14.0. The molecule has 2 heteroatoms. The molecule has 1 N–H and O–H groups in total. The van der Waals surface area contributed by atoms with Crippen LogP contribution >= 0.6 is 0 Å². The van der Waals surface area contributed by atoms with Gasteiger partial charge in [0.1, 0.15) is 0 Å². The van der Waals surface area contributed by atoms with Gasteiger partial charge in [0.25, 0.3) is 0 Å². The largest absolute Gasteiger partial charge is 0.394 e. The highest BCUT2D eigenvalue weighted by molar-refractivity contribution is 5.20. The molecule has 72 valence electrons. The average molecular weight is 187 g/mol. The second kappa shape index (κ2) is 4.11. The van der Waals surface area contributed by atoms with Crippen LogP contribution in [0.1, 0.15) is 11.6 Å². The molecule has 0 aliphatic carbocycles. The van der Waals surface area contributed by atoms with Crippen LogP contribution in [0.3, 0.4) is 0 Å². The molecule has 1 atom stereocenters. The third-order valence-corrected chi connectivity index (χ3v) is 2.34. The van der Waals surface area contributed by atoms with Gasteiger partial charge in [0.05, 0.1) is 12.6 Å². The van der Waals surface area contributed by atoms with Crippen molar-refractivity contribution in [3.05, 3.63) is 60.4 Å². The molecule has 2 rings (SSSR count). The smallest absolute Gasteiger partial charge is 0.0811 e. The molecule has 14 heavy (non-hydrogen) atoms. The van der Waals surface area contributed by atoms with Crippen molar-refractivity contribution in [2.75, 3.05) is 6.61 Å². The van der Waals surface area contributed by atoms with Gasteiger partial charge in [-0.25, -0.2) is 0 Å². The van der Waals surface area contributed by atoms with Crippen molar-refractivity contribution in [3.63, 3.8) is 0 Å². The Kier molecular flexibility index (Phi) is 2.65. The Hall–Kier alpha value is -1.54. The summed E-state index contributed by atoms with van der Waals surface area (Å²) in [5.41, 5.74) is 1.13. The molecule has 0 saturated heterocycles. The van der Waals surface area contributed by atoms with E-state index >= 15 is 0 Å². The van der Waals surface area contributed by atoms with Crippen molar-refractivity contribution in [3.8, 4) is 0 Å².